The van der Waals surface area contributed by atoms with Crippen molar-refractivity contribution in [2.24, 2.45) is 5.92 Å². The van der Waals surface area contributed by atoms with Crippen LogP contribution in [0.4, 0.5) is 4.79 Å². The first-order valence-electron chi connectivity index (χ1n) is 5.79. The summed E-state index contributed by atoms with van der Waals surface area (Å²) >= 11 is 0. The molecule has 100 valence electrons. The number of carboxylic acids is 1. The summed E-state index contributed by atoms with van der Waals surface area (Å²) in [6.45, 7) is 1.81. The maximum Gasteiger partial charge on any atom is 0.327 e. The summed E-state index contributed by atoms with van der Waals surface area (Å²) in [5, 5.41) is 11.3. The molecule has 6 heteroatoms. The number of carboxylic acid groups (broad SMARTS) is 1. The van der Waals surface area contributed by atoms with E-state index in [0.29, 0.717) is 25.6 Å². The molecule has 6 nitrogen and oxygen atoms in total. The van der Waals surface area contributed by atoms with Crippen molar-refractivity contribution in [1.29, 1.82) is 0 Å². The van der Waals surface area contributed by atoms with Crippen LogP contribution in [-0.2, 0) is 9.53 Å². The van der Waals surface area contributed by atoms with E-state index in [-0.39, 0.29) is 12.5 Å². The first kappa shape index (κ1) is 14.3. The van der Waals surface area contributed by atoms with Gasteiger partial charge in [-0.1, -0.05) is 0 Å². The second-order valence-electron chi connectivity index (χ2n) is 4.30. The van der Waals surface area contributed by atoms with E-state index in [0.717, 1.165) is 6.42 Å². The van der Waals surface area contributed by atoms with Crippen molar-refractivity contribution in [2.45, 2.75) is 18.9 Å². The van der Waals surface area contributed by atoms with Crippen molar-refractivity contribution in [2.75, 3.05) is 26.8 Å². The zero-order chi connectivity index (χ0) is 13.5. The largest absolute Gasteiger partial charge is 0.480 e. The number of nitrogens with zero attached hydrogens (tertiary/aromatic N) is 1. The van der Waals surface area contributed by atoms with Gasteiger partial charge in [0.05, 0.1) is 6.61 Å². The molecule has 2 atom stereocenters. The van der Waals surface area contributed by atoms with E-state index in [1.807, 2.05) is 0 Å². The number of hydrogen-bond acceptors (Lipinski definition) is 3. The first-order valence-corrected chi connectivity index (χ1v) is 5.79. The number of rotatable bonds is 5. The first-order chi connectivity index (χ1) is 8.58. The van der Waals surface area contributed by atoms with Crippen LogP contribution in [-0.4, -0.2) is 54.9 Å². The Bertz CT molecular complexity index is 350. The fourth-order valence-corrected chi connectivity index (χ4v) is 1.95. The third kappa shape index (κ3) is 3.93. The number of methoxy groups -OCH3 is 1. The molecule has 0 aliphatic carbocycles. The van der Waals surface area contributed by atoms with E-state index in [4.69, 9.17) is 16.3 Å². The number of terminal acetylenes is 1. The molecule has 18 heavy (non-hydrogen) atoms. The van der Waals surface area contributed by atoms with Gasteiger partial charge in [0.15, 0.2) is 0 Å². The Morgan fingerprint density at radius 2 is 2.39 bits per heavy atom. The monoisotopic (exact) mass is 254 g/mol. The minimum atomic E-state index is -1.12. The predicted molar refractivity (Wildman–Crippen MR) is 65.0 cm³/mol. The molecule has 2 amide bonds. The summed E-state index contributed by atoms with van der Waals surface area (Å²) in [5.41, 5.74) is 0. The number of aliphatic carboxylic acids is 1. The highest BCUT2D eigenvalue weighted by Gasteiger charge is 2.28. The standard InChI is InChI=1S/C12H18N2O4/c1-3-4-10(11(15)16)13-12(17)14-6-5-9(7-14)8-18-2/h1,9-10H,4-8H2,2H3,(H,13,17)(H,15,16). The summed E-state index contributed by atoms with van der Waals surface area (Å²) in [6, 6.07) is -1.40. The zero-order valence-corrected chi connectivity index (χ0v) is 10.4. The number of urea groups is 1. The minimum absolute atomic E-state index is 0.0174. The minimum Gasteiger partial charge on any atom is -0.480 e. The van der Waals surface area contributed by atoms with Crippen molar-refractivity contribution in [1.82, 2.24) is 10.2 Å². The normalized spacial score (nSPS) is 20.2. The maximum atomic E-state index is 11.8. The van der Waals surface area contributed by atoms with Crippen LogP contribution >= 0.6 is 0 Å². The summed E-state index contributed by atoms with van der Waals surface area (Å²) in [4.78, 5) is 24.3. The van der Waals surface area contributed by atoms with Crippen molar-refractivity contribution in [3.63, 3.8) is 0 Å². The molecular weight excluding hydrogens is 236 g/mol. The van der Waals surface area contributed by atoms with Gasteiger partial charge < -0.3 is 20.1 Å². The number of carbonyl (C=O) groups excluding carboxylic acids is 1. The third-order valence-electron chi connectivity index (χ3n) is 2.89. The lowest BCUT2D eigenvalue weighted by atomic mass is 10.1. The number of carbonyl (C=O) groups is 2. The maximum absolute atomic E-state index is 11.8. The molecule has 1 heterocycles. The number of ether oxygens (including phenoxy) is 1. The van der Waals surface area contributed by atoms with E-state index in [9.17, 15) is 9.59 Å². The summed E-state index contributed by atoms with van der Waals surface area (Å²) in [7, 11) is 1.62. The number of amides is 2. The molecule has 0 radical (unpaired) electrons. The molecule has 1 saturated heterocycles. The lowest BCUT2D eigenvalue weighted by Crippen LogP contribution is -2.47. The highest BCUT2D eigenvalue weighted by molar-refractivity contribution is 5.82. The average Bonchev–Trinajstić information content (AvgIpc) is 2.77. The van der Waals surface area contributed by atoms with Gasteiger partial charge in [-0.2, -0.15) is 0 Å². The number of likely N-dealkylation sites (tertiary alicyclic amines) is 1. The van der Waals surface area contributed by atoms with Crippen molar-refractivity contribution >= 4 is 12.0 Å². The fraction of sp³-hybridized carbons (Fsp3) is 0.667. The Labute approximate surface area is 106 Å². The molecule has 0 saturated carbocycles. The Balaban J connectivity index is 2.46. The lowest BCUT2D eigenvalue weighted by molar-refractivity contribution is -0.139. The quantitative estimate of drug-likeness (QED) is 0.684. The molecule has 0 spiro atoms. The van der Waals surface area contributed by atoms with Crippen LogP contribution < -0.4 is 5.32 Å². The van der Waals surface area contributed by atoms with Crippen molar-refractivity contribution in [3.05, 3.63) is 0 Å². The Kier molecular flexibility index (Phi) is 5.46. The second-order valence-corrected chi connectivity index (χ2v) is 4.30. The molecule has 0 aromatic rings. The highest BCUT2D eigenvalue weighted by Crippen LogP contribution is 2.16. The van der Waals surface area contributed by atoms with E-state index in [2.05, 4.69) is 11.2 Å². The smallest absolute Gasteiger partial charge is 0.327 e. The van der Waals surface area contributed by atoms with Gasteiger partial charge in [0, 0.05) is 32.5 Å². The van der Waals surface area contributed by atoms with E-state index in [1.165, 1.54) is 0 Å². The van der Waals surface area contributed by atoms with Gasteiger partial charge in [-0.05, 0) is 6.42 Å². The Morgan fingerprint density at radius 3 is 2.94 bits per heavy atom. The molecule has 1 rings (SSSR count). The molecule has 1 fully saturated rings. The summed E-state index contributed by atoms with van der Waals surface area (Å²) < 4.78 is 5.03. The van der Waals surface area contributed by atoms with Crippen LogP contribution in [0.2, 0.25) is 0 Å². The predicted octanol–water partition coefficient (Wildman–Crippen LogP) is 0.141. The Hall–Kier alpha value is -1.74. The van der Waals surface area contributed by atoms with E-state index < -0.39 is 12.0 Å². The average molecular weight is 254 g/mol. The van der Waals surface area contributed by atoms with E-state index >= 15 is 0 Å². The van der Waals surface area contributed by atoms with Gasteiger partial charge in [0.2, 0.25) is 0 Å². The second kappa shape index (κ2) is 6.87. The van der Waals surface area contributed by atoms with Gasteiger partial charge >= 0.3 is 12.0 Å². The molecular formula is C12H18N2O4. The molecule has 0 aromatic carbocycles. The van der Waals surface area contributed by atoms with Gasteiger partial charge in [-0.25, -0.2) is 9.59 Å². The van der Waals surface area contributed by atoms with Gasteiger partial charge in [-0.3, -0.25) is 0 Å². The summed E-state index contributed by atoms with van der Waals surface area (Å²) in [6.07, 6.45) is 5.91. The Morgan fingerprint density at radius 1 is 1.67 bits per heavy atom. The SMILES string of the molecule is C#CCC(NC(=O)N1CCC(COC)C1)C(=O)O. The fourth-order valence-electron chi connectivity index (χ4n) is 1.95. The van der Waals surface area contributed by atoms with Crippen LogP contribution in [0.1, 0.15) is 12.8 Å². The molecule has 2 N–H and O–H groups in total. The van der Waals surface area contributed by atoms with Crippen LogP contribution in [0.15, 0.2) is 0 Å². The molecule has 0 aromatic heterocycles. The van der Waals surface area contributed by atoms with E-state index in [1.54, 1.807) is 12.0 Å². The molecule has 2 unspecified atom stereocenters. The van der Waals surface area contributed by atoms with Crippen LogP contribution in [0.3, 0.4) is 0 Å². The van der Waals surface area contributed by atoms with Gasteiger partial charge in [0.1, 0.15) is 6.04 Å². The topological polar surface area (TPSA) is 78.9 Å². The van der Waals surface area contributed by atoms with Crippen molar-refractivity contribution < 1.29 is 19.4 Å². The molecule has 0 bridgehead atoms. The third-order valence-corrected chi connectivity index (χ3v) is 2.89. The lowest BCUT2D eigenvalue weighted by Gasteiger charge is -2.20. The van der Waals surface area contributed by atoms with Crippen LogP contribution in [0.5, 0.6) is 0 Å². The number of hydrogen-bond donors (Lipinski definition) is 2. The van der Waals surface area contributed by atoms with Gasteiger partial charge in [0.25, 0.3) is 0 Å². The molecule has 1 aliphatic heterocycles. The number of nitrogens with one attached hydrogen (secondary N) is 1. The van der Waals surface area contributed by atoms with Crippen LogP contribution in [0, 0.1) is 18.3 Å². The summed E-state index contributed by atoms with van der Waals surface area (Å²) in [5.74, 6) is 1.44. The molecule has 1 aliphatic rings. The highest BCUT2D eigenvalue weighted by atomic mass is 16.5. The van der Waals surface area contributed by atoms with Gasteiger partial charge in [-0.15, -0.1) is 12.3 Å². The zero-order valence-electron chi connectivity index (χ0n) is 10.4. The van der Waals surface area contributed by atoms with Crippen LogP contribution in [0.25, 0.3) is 0 Å². The van der Waals surface area contributed by atoms with Crippen molar-refractivity contribution in [3.8, 4) is 12.3 Å².